The van der Waals surface area contributed by atoms with Crippen LogP contribution in [0.3, 0.4) is 0 Å². The molecule has 0 radical (unpaired) electrons. The number of nitrogens with zero attached hydrogens (tertiary/aromatic N) is 1. The van der Waals surface area contributed by atoms with Gasteiger partial charge >= 0.3 is 0 Å². The summed E-state index contributed by atoms with van der Waals surface area (Å²) in [5.41, 5.74) is 2.23. The second-order valence-corrected chi connectivity index (χ2v) is 5.68. The van der Waals surface area contributed by atoms with Gasteiger partial charge in [0.15, 0.2) is 0 Å². The van der Waals surface area contributed by atoms with Crippen LogP contribution in [0.4, 0.5) is 5.69 Å². The fourth-order valence-electron chi connectivity index (χ4n) is 2.69. The average molecular weight is 348 g/mol. The van der Waals surface area contributed by atoms with E-state index in [1.807, 2.05) is 42.5 Å². The zero-order chi connectivity index (χ0) is 18.4. The monoisotopic (exact) mass is 348 g/mol. The lowest BCUT2D eigenvalue weighted by atomic mass is 9.94. The highest BCUT2D eigenvalue weighted by atomic mass is 16.5. The highest BCUT2D eigenvalue weighted by Crippen LogP contribution is 2.27. The predicted octanol–water partition coefficient (Wildman–Crippen LogP) is 3.87. The van der Waals surface area contributed by atoms with Crippen molar-refractivity contribution in [3.05, 3.63) is 84.2 Å². The SMILES string of the molecule is COc1ccc(NC(=O)C(c2ccc(OC)cc2)c2ccccn2)cc1. The first-order valence-corrected chi connectivity index (χ1v) is 8.21. The number of hydrogen-bond donors (Lipinski definition) is 1. The first kappa shape index (κ1) is 17.5. The number of carbonyl (C=O) groups is 1. The number of benzene rings is 2. The summed E-state index contributed by atoms with van der Waals surface area (Å²) in [5, 5.41) is 2.95. The number of methoxy groups -OCH3 is 2. The minimum Gasteiger partial charge on any atom is -0.497 e. The van der Waals surface area contributed by atoms with Crippen molar-refractivity contribution in [3.8, 4) is 11.5 Å². The molecule has 0 spiro atoms. The first-order valence-electron chi connectivity index (χ1n) is 8.21. The minimum atomic E-state index is -0.524. The summed E-state index contributed by atoms with van der Waals surface area (Å²) >= 11 is 0. The molecule has 0 bridgehead atoms. The molecule has 26 heavy (non-hydrogen) atoms. The number of rotatable bonds is 6. The van der Waals surface area contributed by atoms with Crippen LogP contribution in [0.1, 0.15) is 17.2 Å². The van der Waals surface area contributed by atoms with Crippen LogP contribution in [-0.4, -0.2) is 25.1 Å². The molecule has 5 heteroatoms. The number of anilines is 1. The van der Waals surface area contributed by atoms with Gasteiger partial charge in [0.2, 0.25) is 5.91 Å². The molecule has 1 N–H and O–H groups in total. The van der Waals surface area contributed by atoms with E-state index in [1.165, 1.54) is 0 Å². The fourth-order valence-corrected chi connectivity index (χ4v) is 2.69. The van der Waals surface area contributed by atoms with E-state index in [2.05, 4.69) is 10.3 Å². The van der Waals surface area contributed by atoms with Gasteiger partial charge in [-0.3, -0.25) is 9.78 Å². The van der Waals surface area contributed by atoms with Crippen molar-refractivity contribution in [3.63, 3.8) is 0 Å². The Morgan fingerprint density at radius 2 is 1.50 bits per heavy atom. The molecule has 1 atom stereocenters. The normalized spacial score (nSPS) is 11.5. The van der Waals surface area contributed by atoms with Gasteiger partial charge in [0.25, 0.3) is 0 Å². The van der Waals surface area contributed by atoms with Crippen LogP contribution in [0.2, 0.25) is 0 Å². The molecule has 0 aliphatic heterocycles. The van der Waals surface area contributed by atoms with Crippen molar-refractivity contribution in [2.24, 2.45) is 0 Å². The lowest BCUT2D eigenvalue weighted by Crippen LogP contribution is -2.23. The summed E-state index contributed by atoms with van der Waals surface area (Å²) in [7, 11) is 3.22. The number of hydrogen-bond acceptors (Lipinski definition) is 4. The number of aromatic nitrogens is 1. The summed E-state index contributed by atoms with van der Waals surface area (Å²) < 4.78 is 10.4. The smallest absolute Gasteiger partial charge is 0.237 e. The molecule has 5 nitrogen and oxygen atoms in total. The van der Waals surface area contributed by atoms with Crippen molar-refractivity contribution >= 4 is 11.6 Å². The van der Waals surface area contributed by atoms with E-state index >= 15 is 0 Å². The van der Waals surface area contributed by atoms with Crippen LogP contribution in [0, 0.1) is 0 Å². The van der Waals surface area contributed by atoms with Crippen LogP contribution in [-0.2, 0) is 4.79 Å². The maximum atomic E-state index is 13.0. The highest BCUT2D eigenvalue weighted by Gasteiger charge is 2.24. The van der Waals surface area contributed by atoms with Crippen molar-refractivity contribution in [1.82, 2.24) is 4.98 Å². The largest absolute Gasteiger partial charge is 0.497 e. The van der Waals surface area contributed by atoms with Crippen molar-refractivity contribution in [2.45, 2.75) is 5.92 Å². The van der Waals surface area contributed by atoms with Crippen LogP contribution in [0.25, 0.3) is 0 Å². The van der Waals surface area contributed by atoms with E-state index in [4.69, 9.17) is 9.47 Å². The van der Waals surface area contributed by atoms with Crippen molar-refractivity contribution in [1.29, 1.82) is 0 Å². The lowest BCUT2D eigenvalue weighted by Gasteiger charge is -2.17. The molecule has 3 aromatic rings. The van der Waals surface area contributed by atoms with Crippen LogP contribution in [0.15, 0.2) is 72.9 Å². The Kier molecular flexibility index (Phi) is 5.49. The van der Waals surface area contributed by atoms with Gasteiger partial charge in [-0.25, -0.2) is 0 Å². The van der Waals surface area contributed by atoms with Gasteiger partial charge in [-0.05, 0) is 54.1 Å². The number of pyridine rings is 1. The molecule has 132 valence electrons. The molecule has 1 aromatic heterocycles. The Balaban J connectivity index is 1.90. The highest BCUT2D eigenvalue weighted by molar-refractivity contribution is 5.97. The third-order valence-electron chi connectivity index (χ3n) is 4.05. The molecule has 0 saturated heterocycles. The predicted molar refractivity (Wildman–Crippen MR) is 101 cm³/mol. The molecule has 0 aliphatic carbocycles. The summed E-state index contributed by atoms with van der Waals surface area (Å²) in [5.74, 6) is 0.798. The quantitative estimate of drug-likeness (QED) is 0.735. The van der Waals surface area contributed by atoms with Crippen LogP contribution < -0.4 is 14.8 Å². The van der Waals surface area contributed by atoms with E-state index < -0.39 is 5.92 Å². The van der Waals surface area contributed by atoms with Gasteiger partial charge in [0, 0.05) is 11.9 Å². The van der Waals surface area contributed by atoms with Crippen LogP contribution in [0.5, 0.6) is 11.5 Å². The standard InChI is InChI=1S/C21H20N2O3/c1-25-17-10-6-15(7-11-17)20(19-5-3-4-14-22-19)21(24)23-16-8-12-18(26-2)13-9-16/h3-14,20H,1-2H3,(H,23,24). The molecule has 1 unspecified atom stereocenters. The Bertz CT molecular complexity index is 847. The van der Waals surface area contributed by atoms with E-state index in [-0.39, 0.29) is 5.91 Å². The third kappa shape index (κ3) is 4.00. The Morgan fingerprint density at radius 3 is 2.04 bits per heavy atom. The number of amides is 1. The van der Waals surface area contributed by atoms with E-state index in [0.29, 0.717) is 11.4 Å². The van der Waals surface area contributed by atoms with Gasteiger partial charge in [-0.2, -0.15) is 0 Å². The maximum absolute atomic E-state index is 13.0. The lowest BCUT2D eigenvalue weighted by molar-refractivity contribution is -0.116. The second kappa shape index (κ2) is 8.16. The van der Waals surface area contributed by atoms with Gasteiger partial charge < -0.3 is 14.8 Å². The summed E-state index contributed by atoms with van der Waals surface area (Å²) in [6, 6.07) is 20.2. The average Bonchev–Trinajstić information content (AvgIpc) is 2.70. The summed E-state index contributed by atoms with van der Waals surface area (Å²) in [6.07, 6.45) is 1.69. The van der Waals surface area contributed by atoms with Crippen LogP contribution >= 0.6 is 0 Å². The molecule has 0 fully saturated rings. The Labute approximate surface area is 152 Å². The molecular formula is C21H20N2O3. The zero-order valence-electron chi connectivity index (χ0n) is 14.7. The number of ether oxygens (including phenoxy) is 2. The van der Waals surface area contributed by atoms with Gasteiger partial charge in [-0.1, -0.05) is 18.2 Å². The Hall–Kier alpha value is -3.34. The molecule has 3 rings (SSSR count). The molecular weight excluding hydrogens is 328 g/mol. The van der Waals surface area contributed by atoms with Crippen molar-refractivity contribution in [2.75, 3.05) is 19.5 Å². The molecule has 2 aromatic carbocycles. The van der Waals surface area contributed by atoms with E-state index in [9.17, 15) is 4.79 Å². The molecule has 0 saturated carbocycles. The van der Waals surface area contributed by atoms with E-state index in [1.54, 1.807) is 44.7 Å². The zero-order valence-corrected chi connectivity index (χ0v) is 14.7. The van der Waals surface area contributed by atoms with Crippen molar-refractivity contribution < 1.29 is 14.3 Å². The Morgan fingerprint density at radius 1 is 0.885 bits per heavy atom. The maximum Gasteiger partial charge on any atom is 0.237 e. The van der Waals surface area contributed by atoms with Gasteiger partial charge in [-0.15, -0.1) is 0 Å². The van der Waals surface area contributed by atoms with E-state index in [0.717, 1.165) is 17.1 Å². The number of nitrogens with one attached hydrogen (secondary N) is 1. The second-order valence-electron chi connectivity index (χ2n) is 5.68. The molecule has 0 aliphatic rings. The topological polar surface area (TPSA) is 60.5 Å². The first-order chi connectivity index (χ1) is 12.7. The summed E-state index contributed by atoms with van der Waals surface area (Å²) in [4.78, 5) is 17.4. The molecule has 1 amide bonds. The summed E-state index contributed by atoms with van der Waals surface area (Å²) in [6.45, 7) is 0. The molecule has 1 heterocycles. The third-order valence-corrected chi connectivity index (χ3v) is 4.05. The van der Waals surface area contributed by atoms with Gasteiger partial charge in [0.05, 0.1) is 19.9 Å². The van der Waals surface area contributed by atoms with Gasteiger partial charge in [0.1, 0.15) is 17.4 Å². The fraction of sp³-hybridized carbons (Fsp3) is 0.143. The minimum absolute atomic E-state index is 0.154. The number of carbonyl (C=O) groups excluding carboxylic acids is 1.